The molecule has 0 saturated heterocycles. The van der Waals surface area contributed by atoms with E-state index in [2.05, 4.69) is 17.5 Å². The minimum atomic E-state index is -0.332. The lowest BCUT2D eigenvalue weighted by molar-refractivity contribution is -0.123. The van der Waals surface area contributed by atoms with Crippen LogP contribution < -0.4 is 19.6 Å². The molecule has 0 saturated carbocycles. The van der Waals surface area contributed by atoms with Crippen LogP contribution in [0.1, 0.15) is 43.7 Å². The quantitative estimate of drug-likeness (QED) is 0.325. The van der Waals surface area contributed by atoms with E-state index in [9.17, 15) is 4.79 Å². The molecule has 0 aromatic heterocycles. The van der Waals surface area contributed by atoms with Crippen LogP contribution in [0.15, 0.2) is 47.6 Å². The Labute approximate surface area is 172 Å². The van der Waals surface area contributed by atoms with Gasteiger partial charge in [-0.1, -0.05) is 38.3 Å². The van der Waals surface area contributed by atoms with Gasteiger partial charge in [0.1, 0.15) is 5.75 Å². The third-order valence-corrected chi connectivity index (χ3v) is 4.21. The molecule has 2 aromatic rings. The Kier molecular flexibility index (Phi) is 9.55. The van der Waals surface area contributed by atoms with Crippen LogP contribution in [0.3, 0.4) is 0 Å². The van der Waals surface area contributed by atoms with E-state index in [1.807, 2.05) is 49.4 Å². The number of hydrogen-bond donors (Lipinski definition) is 1. The molecule has 0 spiro atoms. The van der Waals surface area contributed by atoms with E-state index >= 15 is 0 Å². The van der Waals surface area contributed by atoms with E-state index in [1.165, 1.54) is 12.8 Å². The summed E-state index contributed by atoms with van der Waals surface area (Å²) in [5.74, 6) is 1.66. The number of ether oxygens (including phenoxy) is 3. The van der Waals surface area contributed by atoms with Gasteiger partial charge in [-0.25, -0.2) is 5.43 Å². The largest absolute Gasteiger partial charge is 0.493 e. The van der Waals surface area contributed by atoms with Crippen molar-refractivity contribution in [3.63, 3.8) is 0 Å². The number of nitrogens with one attached hydrogen (secondary N) is 1. The van der Waals surface area contributed by atoms with Crippen molar-refractivity contribution >= 4 is 12.1 Å². The van der Waals surface area contributed by atoms with E-state index in [-0.39, 0.29) is 12.5 Å². The van der Waals surface area contributed by atoms with Crippen molar-refractivity contribution in [1.82, 2.24) is 5.43 Å². The van der Waals surface area contributed by atoms with Crippen LogP contribution in [-0.2, 0) is 4.79 Å². The van der Waals surface area contributed by atoms with Gasteiger partial charge in [0.15, 0.2) is 18.1 Å². The minimum absolute atomic E-state index is 0.102. The van der Waals surface area contributed by atoms with Crippen LogP contribution >= 0.6 is 0 Å². The molecule has 0 aliphatic heterocycles. The molecule has 0 bridgehead atoms. The van der Waals surface area contributed by atoms with Crippen molar-refractivity contribution in [2.75, 3.05) is 20.3 Å². The lowest BCUT2D eigenvalue weighted by Crippen LogP contribution is -2.24. The van der Waals surface area contributed by atoms with Crippen molar-refractivity contribution in [3.05, 3.63) is 53.6 Å². The standard InChI is InChI=1S/C23H30N2O4/c1-4-5-6-7-13-28-21-12-11-19(15-22(21)27-3)16-24-25-23(26)17-29-20-10-8-9-18(2)14-20/h8-12,14-16H,4-7,13,17H2,1-3H3,(H,25,26)/b24-16+. The van der Waals surface area contributed by atoms with Gasteiger partial charge in [-0.15, -0.1) is 0 Å². The molecule has 0 fully saturated rings. The lowest BCUT2D eigenvalue weighted by atomic mass is 10.2. The number of nitrogens with zero attached hydrogens (tertiary/aromatic N) is 1. The fourth-order valence-corrected chi connectivity index (χ4v) is 2.66. The molecule has 1 N–H and O–H groups in total. The van der Waals surface area contributed by atoms with Crippen LogP contribution in [0.5, 0.6) is 17.2 Å². The summed E-state index contributed by atoms with van der Waals surface area (Å²) in [6.45, 7) is 4.72. The molecule has 2 rings (SSSR count). The molecule has 0 unspecified atom stereocenters. The van der Waals surface area contributed by atoms with Crippen LogP contribution in [0.25, 0.3) is 0 Å². The third-order valence-electron chi connectivity index (χ3n) is 4.21. The van der Waals surface area contributed by atoms with Gasteiger partial charge in [0.2, 0.25) is 0 Å². The smallest absolute Gasteiger partial charge is 0.277 e. The van der Waals surface area contributed by atoms with Gasteiger partial charge in [-0.3, -0.25) is 4.79 Å². The maximum absolute atomic E-state index is 11.9. The Morgan fingerprint density at radius 2 is 1.93 bits per heavy atom. The first-order valence-corrected chi connectivity index (χ1v) is 9.94. The van der Waals surface area contributed by atoms with Crippen molar-refractivity contribution < 1.29 is 19.0 Å². The Morgan fingerprint density at radius 3 is 2.69 bits per heavy atom. The summed E-state index contributed by atoms with van der Waals surface area (Å²) < 4.78 is 16.6. The summed E-state index contributed by atoms with van der Waals surface area (Å²) >= 11 is 0. The molecule has 0 aliphatic carbocycles. The number of aryl methyl sites for hydroxylation is 1. The SMILES string of the molecule is CCCCCCOc1ccc(/C=N/NC(=O)COc2cccc(C)c2)cc1OC. The first-order valence-electron chi connectivity index (χ1n) is 9.94. The van der Waals surface area contributed by atoms with Gasteiger partial charge >= 0.3 is 0 Å². The number of carbonyl (C=O) groups is 1. The van der Waals surface area contributed by atoms with Crippen molar-refractivity contribution in [3.8, 4) is 17.2 Å². The van der Waals surface area contributed by atoms with E-state index in [4.69, 9.17) is 14.2 Å². The molecule has 6 nitrogen and oxygen atoms in total. The highest BCUT2D eigenvalue weighted by atomic mass is 16.5. The van der Waals surface area contributed by atoms with Gasteiger partial charge in [0, 0.05) is 0 Å². The lowest BCUT2D eigenvalue weighted by Gasteiger charge is -2.11. The van der Waals surface area contributed by atoms with E-state index in [0.717, 1.165) is 24.0 Å². The van der Waals surface area contributed by atoms with Crippen LogP contribution in [0.4, 0.5) is 0 Å². The maximum Gasteiger partial charge on any atom is 0.277 e. The van der Waals surface area contributed by atoms with Gasteiger partial charge in [-0.2, -0.15) is 5.10 Å². The van der Waals surface area contributed by atoms with E-state index in [1.54, 1.807) is 13.3 Å². The van der Waals surface area contributed by atoms with Crippen LogP contribution in [-0.4, -0.2) is 32.4 Å². The molecule has 2 aromatic carbocycles. The average Bonchev–Trinajstić information content (AvgIpc) is 2.73. The normalized spacial score (nSPS) is 10.7. The zero-order valence-corrected chi connectivity index (χ0v) is 17.4. The molecular formula is C23H30N2O4. The number of carbonyl (C=O) groups excluding carboxylic acids is 1. The summed E-state index contributed by atoms with van der Waals surface area (Å²) in [5, 5.41) is 3.97. The molecule has 156 valence electrons. The number of hydrazone groups is 1. The molecular weight excluding hydrogens is 368 g/mol. The zero-order chi connectivity index (χ0) is 20.9. The Bertz CT molecular complexity index is 805. The fraction of sp³-hybridized carbons (Fsp3) is 0.391. The highest BCUT2D eigenvalue weighted by Gasteiger charge is 2.06. The second-order valence-corrected chi connectivity index (χ2v) is 6.72. The second kappa shape index (κ2) is 12.4. The zero-order valence-electron chi connectivity index (χ0n) is 17.4. The maximum atomic E-state index is 11.9. The molecule has 1 amide bonds. The van der Waals surface area contributed by atoms with Crippen LogP contribution in [0.2, 0.25) is 0 Å². The number of amides is 1. The molecule has 0 aliphatic rings. The number of rotatable bonds is 12. The topological polar surface area (TPSA) is 69.2 Å². The highest BCUT2D eigenvalue weighted by Crippen LogP contribution is 2.27. The van der Waals surface area contributed by atoms with Crippen molar-refractivity contribution in [1.29, 1.82) is 0 Å². The molecule has 29 heavy (non-hydrogen) atoms. The first-order chi connectivity index (χ1) is 14.1. The first kappa shape index (κ1) is 22.3. The average molecular weight is 399 g/mol. The van der Waals surface area contributed by atoms with Gasteiger partial charge in [-0.05, 0) is 54.8 Å². The van der Waals surface area contributed by atoms with Crippen LogP contribution in [0, 0.1) is 6.92 Å². The summed E-state index contributed by atoms with van der Waals surface area (Å²) in [6, 6.07) is 13.1. The Balaban J connectivity index is 1.80. The van der Waals surface area contributed by atoms with Crippen molar-refractivity contribution in [2.24, 2.45) is 5.10 Å². The van der Waals surface area contributed by atoms with Gasteiger partial charge in [0.25, 0.3) is 5.91 Å². The number of unbranched alkanes of at least 4 members (excludes halogenated alkanes) is 3. The molecule has 6 heteroatoms. The molecule has 0 atom stereocenters. The monoisotopic (exact) mass is 398 g/mol. The highest BCUT2D eigenvalue weighted by molar-refractivity contribution is 5.83. The van der Waals surface area contributed by atoms with Crippen molar-refractivity contribution in [2.45, 2.75) is 39.5 Å². The summed E-state index contributed by atoms with van der Waals surface area (Å²) in [5.41, 5.74) is 4.32. The third kappa shape index (κ3) is 8.25. The van der Waals surface area contributed by atoms with E-state index < -0.39 is 0 Å². The number of benzene rings is 2. The Morgan fingerprint density at radius 1 is 1.07 bits per heavy atom. The van der Waals surface area contributed by atoms with E-state index in [0.29, 0.717) is 23.9 Å². The van der Waals surface area contributed by atoms with Gasteiger partial charge < -0.3 is 14.2 Å². The minimum Gasteiger partial charge on any atom is -0.493 e. The molecule has 0 heterocycles. The molecule has 0 radical (unpaired) electrons. The second-order valence-electron chi connectivity index (χ2n) is 6.72. The Hall–Kier alpha value is -3.02. The number of methoxy groups -OCH3 is 1. The summed E-state index contributed by atoms with van der Waals surface area (Å²) in [4.78, 5) is 11.9. The predicted octanol–water partition coefficient (Wildman–Crippen LogP) is 4.49. The van der Waals surface area contributed by atoms with Gasteiger partial charge in [0.05, 0.1) is 19.9 Å². The summed E-state index contributed by atoms with van der Waals surface area (Å²) in [7, 11) is 1.60. The fourth-order valence-electron chi connectivity index (χ4n) is 2.66. The number of hydrogen-bond acceptors (Lipinski definition) is 5. The summed E-state index contributed by atoms with van der Waals surface area (Å²) in [6.07, 6.45) is 6.16. The predicted molar refractivity (Wildman–Crippen MR) is 115 cm³/mol.